The molecule has 1 heteroatoms. The Kier molecular flexibility index (Phi) is 3.27. The summed E-state index contributed by atoms with van der Waals surface area (Å²) in [4.78, 5) is 4.09. The van der Waals surface area contributed by atoms with E-state index in [0.29, 0.717) is 0 Å². The quantitative estimate of drug-likeness (QED) is 0.572. The SMILES string of the molecule is CC.C[C@H]1CCc2cnccc21. The van der Waals surface area contributed by atoms with E-state index in [1.807, 2.05) is 26.2 Å². The van der Waals surface area contributed by atoms with Crippen LogP contribution in [-0.2, 0) is 6.42 Å². The van der Waals surface area contributed by atoms with E-state index in [1.54, 1.807) is 0 Å². The van der Waals surface area contributed by atoms with Crippen LogP contribution in [0.15, 0.2) is 18.5 Å². The second-order valence-corrected chi connectivity index (χ2v) is 3.01. The summed E-state index contributed by atoms with van der Waals surface area (Å²) in [6, 6.07) is 2.15. The van der Waals surface area contributed by atoms with Crippen LogP contribution in [0.3, 0.4) is 0 Å². The summed E-state index contributed by atoms with van der Waals surface area (Å²) in [5, 5.41) is 0. The molecule has 0 unspecified atom stereocenters. The van der Waals surface area contributed by atoms with Gasteiger partial charge in [-0.15, -0.1) is 0 Å². The van der Waals surface area contributed by atoms with Crippen molar-refractivity contribution in [2.24, 2.45) is 0 Å². The van der Waals surface area contributed by atoms with Crippen molar-refractivity contribution in [1.29, 1.82) is 0 Å². The number of hydrogen-bond acceptors (Lipinski definition) is 1. The fraction of sp³-hybridized carbons (Fsp3) is 0.545. The van der Waals surface area contributed by atoms with Gasteiger partial charge in [-0.05, 0) is 36.0 Å². The molecule has 0 N–H and O–H groups in total. The highest BCUT2D eigenvalue weighted by atomic mass is 14.6. The molecular formula is C11H17N. The van der Waals surface area contributed by atoms with Crippen molar-refractivity contribution in [1.82, 2.24) is 4.98 Å². The van der Waals surface area contributed by atoms with Gasteiger partial charge in [0.1, 0.15) is 0 Å². The fourth-order valence-corrected chi connectivity index (χ4v) is 1.66. The summed E-state index contributed by atoms with van der Waals surface area (Å²) in [7, 11) is 0. The molecule has 0 saturated carbocycles. The van der Waals surface area contributed by atoms with E-state index in [1.165, 1.54) is 24.0 Å². The fourth-order valence-electron chi connectivity index (χ4n) is 1.66. The predicted octanol–water partition coefficient (Wildman–Crippen LogP) is 3.16. The molecule has 0 amide bonds. The van der Waals surface area contributed by atoms with Crippen molar-refractivity contribution < 1.29 is 0 Å². The normalized spacial score (nSPS) is 19.4. The molecule has 1 aromatic rings. The molecule has 66 valence electrons. The zero-order valence-electron chi connectivity index (χ0n) is 8.17. The minimum Gasteiger partial charge on any atom is -0.264 e. The van der Waals surface area contributed by atoms with E-state index in [9.17, 15) is 0 Å². The molecule has 0 bridgehead atoms. The molecule has 1 heterocycles. The summed E-state index contributed by atoms with van der Waals surface area (Å²) in [6.07, 6.45) is 6.42. The zero-order chi connectivity index (χ0) is 8.97. The molecule has 0 fully saturated rings. The number of hydrogen-bond donors (Lipinski definition) is 0. The first-order valence-corrected chi connectivity index (χ1v) is 4.80. The Morgan fingerprint density at radius 1 is 1.42 bits per heavy atom. The molecule has 0 radical (unpaired) electrons. The Labute approximate surface area is 74.8 Å². The van der Waals surface area contributed by atoms with Crippen LogP contribution >= 0.6 is 0 Å². The van der Waals surface area contributed by atoms with Gasteiger partial charge in [0.15, 0.2) is 0 Å². The van der Waals surface area contributed by atoms with Crippen LogP contribution in [0.5, 0.6) is 0 Å². The molecule has 1 aliphatic rings. The third-order valence-electron chi connectivity index (χ3n) is 2.32. The van der Waals surface area contributed by atoms with E-state index in [-0.39, 0.29) is 0 Å². The lowest BCUT2D eigenvalue weighted by atomic mass is 10.1. The molecule has 1 nitrogen and oxygen atoms in total. The standard InChI is InChI=1S/C9H11N.C2H6/c1-7-2-3-8-6-10-5-4-9(7)8;1-2/h4-7H,2-3H2,1H3;1-2H3/t7-;/m0./s1. The highest BCUT2D eigenvalue weighted by molar-refractivity contribution is 5.31. The molecule has 2 rings (SSSR count). The van der Waals surface area contributed by atoms with Gasteiger partial charge in [-0.2, -0.15) is 0 Å². The largest absolute Gasteiger partial charge is 0.264 e. The van der Waals surface area contributed by atoms with Gasteiger partial charge in [-0.25, -0.2) is 0 Å². The maximum absolute atomic E-state index is 4.09. The number of aromatic nitrogens is 1. The molecule has 0 saturated heterocycles. The molecular weight excluding hydrogens is 146 g/mol. The molecule has 0 spiro atoms. The molecule has 0 aliphatic heterocycles. The third-order valence-corrected chi connectivity index (χ3v) is 2.32. The zero-order valence-corrected chi connectivity index (χ0v) is 8.17. The van der Waals surface area contributed by atoms with Gasteiger partial charge in [0.2, 0.25) is 0 Å². The minimum absolute atomic E-state index is 0.762. The van der Waals surface area contributed by atoms with E-state index in [4.69, 9.17) is 0 Å². The second-order valence-electron chi connectivity index (χ2n) is 3.01. The van der Waals surface area contributed by atoms with Crippen LogP contribution < -0.4 is 0 Å². The highest BCUT2D eigenvalue weighted by Crippen LogP contribution is 2.30. The minimum atomic E-state index is 0.762. The number of fused-ring (bicyclic) bond motifs is 1. The van der Waals surface area contributed by atoms with Gasteiger partial charge in [-0.1, -0.05) is 20.8 Å². The van der Waals surface area contributed by atoms with Crippen molar-refractivity contribution in [3.05, 3.63) is 29.6 Å². The smallest absolute Gasteiger partial charge is 0.0302 e. The van der Waals surface area contributed by atoms with Crippen LogP contribution in [0.25, 0.3) is 0 Å². The topological polar surface area (TPSA) is 12.9 Å². The van der Waals surface area contributed by atoms with Gasteiger partial charge in [0, 0.05) is 12.4 Å². The molecule has 1 aromatic heterocycles. The number of aryl methyl sites for hydroxylation is 1. The number of pyridine rings is 1. The first-order chi connectivity index (χ1) is 5.88. The Morgan fingerprint density at radius 2 is 2.17 bits per heavy atom. The lowest BCUT2D eigenvalue weighted by molar-refractivity contribution is 0.747. The monoisotopic (exact) mass is 163 g/mol. The van der Waals surface area contributed by atoms with E-state index in [0.717, 1.165) is 5.92 Å². The Balaban J connectivity index is 0.000000336. The first kappa shape index (κ1) is 9.24. The molecule has 1 aliphatic carbocycles. The maximum atomic E-state index is 4.09. The summed E-state index contributed by atoms with van der Waals surface area (Å²) in [5.74, 6) is 0.762. The van der Waals surface area contributed by atoms with E-state index >= 15 is 0 Å². The lowest BCUT2D eigenvalue weighted by Crippen LogP contribution is -1.85. The van der Waals surface area contributed by atoms with Crippen LogP contribution in [-0.4, -0.2) is 4.98 Å². The average Bonchev–Trinajstić information content (AvgIpc) is 2.53. The lowest BCUT2D eigenvalue weighted by Gasteiger charge is -2.00. The molecule has 1 atom stereocenters. The van der Waals surface area contributed by atoms with Crippen molar-refractivity contribution in [3.8, 4) is 0 Å². The Morgan fingerprint density at radius 3 is 2.83 bits per heavy atom. The summed E-state index contributed by atoms with van der Waals surface area (Å²) in [5.41, 5.74) is 2.96. The average molecular weight is 163 g/mol. The molecule has 0 aromatic carbocycles. The predicted molar refractivity (Wildman–Crippen MR) is 52.3 cm³/mol. The molecule has 12 heavy (non-hydrogen) atoms. The van der Waals surface area contributed by atoms with Gasteiger partial charge in [-0.3, -0.25) is 4.98 Å². The maximum Gasteiger partial charge on any atom is 0.0302 e. The van der Waals surface area contributed by atoms with Gasteiger partial charge >= 0.3 is 0 Å². The number of rotatable bonds is 0. The summed E-state index contributed by atoms with van der Waals surface area (Å²) < 4.78 is 0. The van der Waals surface area contributed by atoms with Gasteiger partial charge in [0.25, 0.3) is 0 Å². The van der Waals surface area contributed by atoms with Crippen LogP contribution in [0.4, 0.5) is 0 Å². The first-order valence-electron chi connectivity index (χ1n) is 4.80. The number of nitrogens with zero attached hydrogens (tertiary/aromatic N) is 1. The second kappa shape index (κ2) is 4.24. The third kappa shape index (κ3) is 1.66. The Bertz CT molecular complexity index is 243. The van der Waals surface area contributed by atoms with Crippen LogP contribution in [0.2, 0.25) is 0 Å². The van der Waals surface area contributed by atoms with Crippen molar-refractivity contribution in [3.63, 3.8) is 0 Å². The highest BCUT2D eigenvalue weighted by Gasteiger charge is 2.16. The van der Waals surface area contributed by atoms with E-state index in [2.05, 4.69) is 18.0 Å². The van der Waals surface area contributed by atoms with Crippen molar-refractivity contribution in [2.75, 3.05) is 0 Å². The van der Waals surface area contributed by atoms with Crippen LogP contribution in [0, 0.1) is 0 Å². The van der Waals surface area contributed by atoms with Crippen molar-refractivity contribution in [2.45, 2.75) is 39.5 Å². The van der Waals surface area contributed by atoms with Gasteiger partial charge in [0.05, 0.1) is 0 Å². The van der Waals surface area contributed by atoms with Crippen molar-refractivity contribution >= 4 is 0 Å². The summed E-state index contributed by atoms with van der Waals surface area (Å²) in [6.45, 7) is 6.28. The van der Waals surface area contributed by atoms with E-state index < -0.39 is 0 Å². The summed E-state index contributed by atoms with van der Waals surface area (Å²) >= 11 is 0. The Hall–Kier alpha value is -0.850. The van der Waals surface area contributed by atoms with Gasteiger partial charge < -0.3 is 0 Å². The van der Waals surface area contributed by atoms with Crippen LogP contribution in [0.1, 0.15) is 44.2 Å².